The highest BCUT2D eigenvalue weighted by molar-refractivity contribution is 5.96. The number of carbonyl (C=O) groups excluding carboxylic acids is 1. The van der Waals surface area contributed by atoms with Crippen LogP contribution in [0, 0.1) is 0 Å². The van der Waals surface area contributed by atoms with E-state index < -0.39 is 0 Å². The number of benzene rings is 2. The Labute approximate surface area is 137 Å². The molecule has 0 bridgehead atoms. The van der Waals surface area contributed by atoms with Crippen molar-refractivity contribution in [2.75, 3.05) is 4.90 Å². The Morgan fingerprint density at radius 2 is 1.82 bits per heavy atom. The van der Waals surface area contributed by atoms with Crippen LogP contribution in [0.15, 0.2) is 54.6 Å². The second-order valence-corrected chi connectivity index (χ2v) is 5.67. The quantitative estimate of drug-likeness (QED) is 0.942. The lowest BCUT2D eigenvalue weighted by Crippen LogP contribution is -2.37. The van der Waals surface area contributed by atoms with E-state index in [0.717, 1.165) is 17.7 Å². The van der Waals surface area contributed by atoms with Crippen LogP contribution in [0.2, 0.25) is 0 Å². The second-order valence-electron chi connectivity index (χ2n) is 5.67. The predicted molar refractivity (Wildman–Crippen MR) is 92.3 cm³/mol. The van der Waals surface area contributed by atoms with Gasteiger partial charge in [-0.3, -0.25) is 4.79 Å². The molecule has 3 nitrogen and oxygen atoms in total. The van der Waals surface area contributed by atoms with Gasteiger partial charge in [-0.25, -0.2) is 0 Å². The second kappa shape index (κ2) is 6.95. The zero-order valence-electron chi connectivity index (χ0n) is 12.6. The molecule has 2 unspecified atom stereocenters. The summed E-state index contributed by atoms with van der Waals surface area (Å²) >= 11 is 0. The fraction of sp³-hybridized carbons (Fsp3) is 0.278. The summed E-state index contributed by atoms with van der Waals surface area (Å²) in [6, 6.07) is 17.9. The molecule has 2 aromatic rings. The van der Waals surface area contributed by atoms with Gasteiger partial charge in [-0.15, -0.1) is 12.4 Å². The molecule has 1 heterocycles. The summed E-state index contributed by atoms with van der Waals surface area (Å²) in [5.74, 6) is 0.101. The zero-order valence-corrected chi connectivity index (χ0v) is 13.4. The summed E-state index contributed by atoms with van der Waals surface area (Å²) in [5.41, 5.74) is 9.47. The molecule has 1 aliphatic rings. The number of nitrogens with two attached hydrogens (primary N) is 1. The van der Waals surface area contributed by atoms with Crippen molar-refractivity contribution in [1.82, 2.24) is 0 Å². The molecule has 0 aromatic heterocycles. The molecule has 0 saturated carbocycles. The Morgan fingerprint density at radius 3 is 2.55 bits per heavy atom. The molecule has 1 amide bonds. The lowest BCUT2D eigenvalue weighted by atomic mass is 10.0. The van der Waals surface area contributed by atoms with Gasteiger partial charge >= 0.3 is 0 Å². The van der Waals surface area contributed by atoms with Gasteiger partial charge in [0.25, 0.3) is 0 Å². The van der Waals surface area contributed by atoms with Gasteiger partial charge in [-0.05, 0) is 30.5 Å². The number of carbonyl (C=O) groups is 1. The Hall–Kier alpha value is -1.84. The van der Waals surface area contributed by atoms with Gasteiger partial charge in [-0.1, -0.05) is 48.5 Å². The number of anilines is 1. The first-order valence-electron chi connectivity index (χ1n) is 7.37. The molecule has 2 atom stereocenters. The smallest absolute Gasteiger partial charge is 0.229 e. The number of hydrogen-bond acceptors (Lipinski definition) is 2. The van der Waals surface area contributed by atoms with Crippen molar-refractivity contribution in [3.63, 3.8) is 0 Å². The fourth-order valence-electron chi connectivity index (χ4n) is 3.05. The minimum Gasteiger partial charge on any atom is -0.324 e. The predicted octanol–water partition coefficient (Wildman–Crippen LogP) is 3.48. The van der Waals surface area contributed by atoms with E-state index in [1.807, 2.05) is 53.4 Å². The molecule has 0 saturated heterocycles. The third-order valence-corrected chi connectivity index (χ3v) is 4.10. The average Bonchev–Trinajstić information content (AvgIpc) is 2.83. The molecule has 0 aliphatic carbocycles. The zero-order chi connectivity index (χ0) is 14.8. The van der Waals surface area contributed by atoms with E-state index in [1.54, 1.807) is 0 Å². The lowest BCUT2D eigenvalue weighted by molar-refractivity contribution is -0.119. The fourth-order valence-corrected chi connectivity index (χ4v) is 3.05. The standard InChI is InChI=1S/C18H20N2O.ClH/c1-13-11-15-9-5-6-10-17(15)20(13)18(21)12-16(19)14-7-3-2-4-8-14;/h2-10,13,16H,11-12,19H2,1H3;1H. The largest absolute Gasteiger partial charge is 0.324 e. The van der Waals surface area contributed by atoms with E-state index in [0.29, 0.717) is 6.42 Å². The maximum Gasteiger partial charge on any atom is 0.229 e. The molecular weight excluding hydrogens is 296 g/mol. The lowest BCUT2D eigenvalue weighted by Gasteiger charge is -2.24. The van der Waals surface area contributed by atoms with E-state index in [1.165, 1.54) is 5.56 Å². The Balaban J connectivity index is 0.00000176. The normalized spacial score (nSPS) is 17.5. The van der Waals surface area contributed by atoms with E-state index in [9.17, 15) is 4.79 Å². The van der Waals surface area contributed by atoms with Crippen LogP contribution in [0.1, 0.15) is 30.5 Å². The highest BCUT2D eigenvalue weighted by atomic mass is 35.5. The van der Waals surface area contributed by atoms with E-state index in [-0.39, 0.29) is 30.4 Å². The number of hydrogen-bond donors (Lipinski definition) is 1. The third-order valence-electron chi connectivity index (χ3n) is 4.10. The first-order valence-corrected chi connectivity index (χ1v) is 7.37. The van der Waals surface area contributed by atoms with Crippen LogP contribution in [0.5, 0.6) is 0 Å². The molecule has 0 radical (unpaired) electrons. The summed E-state index contributed by atoms with van der Waals surface area (Å²) in [7, 11) is 0. The van der Waals surface area contributed by atoms with Crippen molar-refractivity contribution >= 4 is 24.0 Å². The SMILES string of the molecule is CC1Cc2ccccc2N1C(=O)CC(N)c1ccccc1.Cl. The van der Waals surface area contributed by atoms with Crippen molar-refractivity contribution < 1.29 is 4.79 Å². The summed E-state index contributed by atoms with van der Waals surface area (Å²) in [4.78, 5) is 14.5. The number of nitrogens with zero attached hydrogens (tertiary/aromatic N) is 1. The number of amides is 1. The van der Waals surface area contributed by atoms with Crippen molar-refractivity contribution in [1.29, 1.82) is 0 Å². The first kappa shape index (κ1) is 16.5. The molecule has 3 rings (SSSR count). The summed E-state index contributed by atoms with van der Waals surface area (Å²) in [6.45, 7) is 2.09. The van der Waals surface area contributed by atoms with Crippen LogP contribution in [-0.4, -0.2) is 11.9 Å². The highest BCUT2D eigenvalue weighted by Crippen LogP contribution is 2.33. The summed E-state index contributed by atoms with van der Waals surface area (Å²) < 4.78 is 0. The molecule has 1 aliphatic heterocycles. The molecule has 116 valence electrons. The molecule has 0 fully saturated rings. The summed E-state index contributed by atoms with van der Waals surface area (Å²) in [5, 5.41) is 0. The highest BCUT2D eigenvalue weighted by Gasteiger charge is 2.31. The monoisotopic (exact) mass is 316 g/mol. The third kappa shape index (κ3) is 3.16. The van der Waals surface area contributed by atoms with Crippen LogP contribution in [0.4, 0.5) is 5.69 Å². The van der Waals surface area contributed by atoms with Crippen molar-refractivity contribution in [2.24, 2.45) is 5.73 Å². The Bertz CT molecular complexity index is 645. The number of fused-ring (bicyclic) bond motifs is 1. The average molecular weight is 317 g/mol. The van der Waals surface area contributed by atoms with Crippen molar-refractivity contribution in [3.05, 3.63) is 65.7 Å². The van der Waals surface area contributed by atoms with Crippen LogP contribution in [0.3, 0.4) is 0 Å². The number of para-hydroxylation sites is 1. The van der Waals surface area contributed by atoms with Gasteiger partial charge in [-0.2, -0.15) is 0 Å². The molecule has 4 heteroatoms. The van der Waals surface area contributed by atoms with Gasteiger partial charge in [0.15, 0.2) is 0 Å². The minimum absolute atomic E-state index is 0. The Kier molecular flexibility index (Phi) is 5.22. The van der Waals surface area contributed by atoms with Gasteiger partial charge in [0.1, 0.15) is 0 Å². The molecule has 2 aromatic carbocycles. The van der Waals surface area contributed by atoms with Gasteiger partial charge in [0.2, 0.25) is 5.91 Å². The van der Waals surface area contributed by atoms with Gasteiger partial charge in [0.05, 0.1) is 0 Å². The number of halogens is 1. The topological polar surface area (TPSA) is 46.3 Å². The van der Waals surface area contributed by atoms with Crippen molar-refractivity contribution in [3.8, 4) is 0 Å². The first-order chi connectivity index (χ1) is 10.2. The van der Waals surface area contributed by atoms with Gasteiger partial charge < -0.3 is 10.6 Å². The molecule has 0 spiro atoms. The van der Waals surface area contributed by atoms with E-state index in [4.69, 9.17) is 5.73 Å². The van der Waals surface area contributed by atoms with Crippen LogP contribution < -0.4 is 10.6 Å². The summed E-state index contributed by atoms with van der Waals surface area (Å²) in [6.07, 6.45) is 1.26. The Morgan fingerprint density at radius 1 is 1.18 bits per heavy atom. The maximum absolute atomic E-state index is 12.6. The van der Waals surface area contributed by atoms with Crippen molar-refractivity contribution in [2.45, 2.75) is 31.8 Å². The molecular formula is C18H21ClN2O. The molecule has 2 N–H and O–H groups in total. The minimum atomic E-state index is -0.251. The van der Waals surface area contributed by atoms with Gasteiger partial charge in [0, 0.05) is 24.2 Å². The van der Waals surface area contributed by atoms with E-state index in [2.05, 4.69) is 13.0 Å². The van der Waals surface area contributed by atoms with Crippen LogP contribution in [0.25, 0.3) is 0 Å². The molecule has 22 heavy (non-hydrogen) atoms. The maximum atomic E-state index is 12.6. The van der Waals surface area contributed by atoms with Crippen LogP contribution >= 0.6 is 12.4 Å². The van der Waals surface area contributed by atoms with E-state index >= 15 is 0 Å². The van der Waals surface area contributed by atoms with Crippen LogP contribution in [-0.2, 0) is 11.2 Å². The number of rotatable bonds is 3.